The zero-order chi connectivity index (χ0) is 18.5. The Morgan fingerprint density at radius 2 is 1.81 bits per heavy atom. The summed E-state index contributed by atoms with van der Waals surface area (Å²) in [6, 6.07) is 7.27. The standard InChI is InChI=1S/C14H11IN6O2S3/c1-7-18-19-12(25-7)16-10(22)6-24-14-21-20-13(26-14)17-11(23)8-4-2-3-5-9(8)15/h2-5H,6H2,1H3,(H,16,19,22)(H,17,20,23). The lowest BCUT2D eigenvalue weighted by Crippen LogP contribution is -2.13. The minimum atomic E-state index is -0.243. The van der Waals surface area contributed by atoms with E-state index >= 15 is 0 Å². The molecule has 0 aliphatic rings. The lowest BCUT2D eigenvalue weighted by Gasteiger charge is -2.02. The molecule has 0 atom stereocenters. The summed E-state index contributed by atoms with van der Waals surface area (Å²) >= 11 is 5.87. The predicted octanol–water partition coefficient (Wildman–Crippen LogP) is 3.29. The summed E-state index contributed by atoms with van der Waals surface area (Å²) in [7, 11) is 0. The molecular weight excluding hydrogens is 507 g/mol. The van der Waals surface area contributed by atoms with Gasteiger partial charge < -0.3 is 0 Å². The Morgan fingerprint density at radius 1 is 1.08 bits per heavy atom. The van der Waals surface area contributed by atoms with Gasteiger partial charge in [-0.1, -0.05) is 46.6 Å². The quantitative estimate of drug-likeness (QED) is 0.293. The second-order valence-corrected chi connectivity index (χ2v) is 9.31. The topological polar surface area (TPSA) is 110 Å². The Kier molecular flexibility index (Phi) is 6.50. The van der Waals surface area contributed by atoms with Crippen molar-refractivity contribution < 1.29 is 9.59 Å². The largest absolute Gasteiger partial charge is 0.300 e. The molecule has 26 heavy (non-hydrogen) atoms. The number of hydrogen-bond acceptors (Lipinski definition) is 9. The fourth-order valence-corrected chi connectivity index (χ4v) is 4.55. The fraction of sp³-hybridized carbons (Fsp3) is 0.143. The summed E-state index contributed by atoms with van der Waals surface area (Å²) in [5.74, 6) is -0.282. The number of halogens is 1. The molecule has 0 unspecified atom stereocenters. The normalized spacial score (nSPS) is 10.5. The molecule has 0 spiro atoms. The first-order valence-electron chi connectivity index (χ1n) is 7.13. The van der Waals surface area contributed by atoms with Crippen LogP contribution >= 0.6 is 57.0 Å². The number of rotatable bonds is 6. The summed E-state index contributed by atoms with van der Waals surface area (Å²) in [4.78, 5) is 24.2. The summed E-state index contributed by atoms with van der Waals surface area (Å²) in [6.07, 6.45) is 0. The molecule has 1 aromatic carbocycles. The number of anilines is 2. The van der Waals surface area contributed by atoms with Gasteiger partial charge in [-0.25, -0.2) is 0 Å². The van der Waals surface area contributed by atoms with Crippen LogP contribution in [0.1, 0.15) is 15.4 Å². The molecule has 3 aromatic rings. The number of carbonyl (C=O) groups excluding carboxylic acids is 2. The van der Waals surface area contributed by atoms with Crippen LogP contribution in [0.15, 0.2) is 28.6 Å². The van der Waals surface area contributed by atoms with Crippen LogP contribution in [0.4, 0.5) is 10.3 Å². The first-order chi connectivity index (χ1) is 12.5. The number of amides is 2. The molecule has 12 heteroatoms. The molecule has 0 fully saturated rings. The molecule has 2 amide bonds. The van der Waals surface area contributed by atoms with Crippen LogP contribution in [0.2, 0.25) is 0 Å². The minimum Gasteiger partial charge on any atom is -0.300 e. The van der Waals surface area contributed by atoms with E-state index in [0.717, 1.165) is 8.58 Å². The molecule has 2 aromatic heterocycles. The molecule has 0 aliphatic heterocycles. The average molecular weight is 518 g/mol. The van der Waals surface area contributed by atoms with Crippen molar-refractivity contribution in [2.24, 2.45) is 0 Å². The number of aromatic nitrogens is 4. The molecule has 0 radical (unpaired) electrons. The van der Waals surface area contributed by atoms with Gasteiger partial charge in [0, 0.05) is 3.57 Å². The van der Waals surface area contributed by atoms with E-state index in [1.165, 1.54) is 34.4 Å². The van der Waals surface area contributed by atoms with Crippen molar-refractivity contribution in [2.45, 2.75) is 11.3 Å². The van der Waals surface area contributed by atoms with E-state index < -0.39 is 0 Å². The number of carbonyl (C=O) groups is 2. The first-order valence-corrected chi connectivity index (χ1v) is 10.8. The Hall–Kier alpha value is -1.64. The van der Waals surface area contributed by atoms with E-state index in [-0.39, 0.29) is 17.6 Å². The Labute approximate surface area is 174 Å². The molecule has 0 saturated carbocycles. The maximum absolute atomic E-state index is 12.3. The maximum Gasteiger partial charge on any atom is 0.258 e. The zero-order valence-corrected chi connectivity index (χ0v) is 17.8. The lowest BCUT2D eigenvalue weighted by molar-refractivity contribution is -0.113. The van der Waals surface area contributed by atoms with Crippen LogP contribution in [-0.4, -0.2) is 38.0 Å². The molecule has 3 rings (SSSR count). The van der Waals surface area contributed by atoms with Gasteiger partial charge in [0.2, 0.25) is 16.2 Å². The maximum atomic E-state index is 12.3. The third-order valence-corrected chi connectivity index (χ3v) is 6.51. The number of thioether (sulfide) groups is 1. The highest BCUT2D eigenvalue weighted by Gasteiger charge is 2.14. The van der Waals surface area contributed by atoms with Crippen LogP contribution in [0.3, 0.4) is 0 Å². The van der Waals surface area contributed by atoms with Crippen molar-refractivity contribution in [1.29, 1.82) is 0 Å². The molecule has 0 saturated heterocycles. The number of benzene rings is 1. The van der Waals surface area contributed by atoms with E-state index in [2.05, 4.69) is 53.6 Å². The molecule has 8 nitrogen and oxygen atoms in total. The highest BCUT2D eigenvalue weighted by Crippen LogP contribution is 2.26. The molecule has 2 N–H and O–H groups in total. The van der Waals surface area contributed by atoms with Crippen LogP contribution in [0.5, 0.6) is 0 Å². The van der Waals surface area contributed by atoms with Crippen molar-refractivity contribution in [2.75, 3.05) is 16.4 Å². The molecular formula is C14H11IN6O2S3. The first kappa shape index (κ1) is 19.1. The Morgan fingerprint density at radius 3 is 2.54 bits per heavy atom. The summed E-state index contributed by atoms with van der Waals surface area (Å²) in [6.45, 7) is 1.82. The van der Waals surface area contributed by atoms with Gasteiger partial charge in [-0.3, -0.25) is 20.2 Å². The van der Waals surface area contributed by atoms with Crippen molar-refractivity contribution >= 4 is 79.1 Å². The van der Waals surface area contributed by atoms with Gasteiger partial charge in [0.25, 0.3) is 5.91 Å². The summed E-state index contributed by atoms with van der Waals surface area (Å²) in [5.41, 5.74) is 0.573. The number of hydrogen-bond donors (Lipinski definition) is 2. The second-order valence-electron chi connectivity index (χ2n) is 4.77. The molecule has 2 heterocycles. The fourth-order valence-electron chi connectivity index (χ4n) is 1.76. The third kappa shape index (κ3) is 5.18. The highest BCUT2D eigenvalue weighted by molar-refractivity contribution is 14.1. The van der Waals surface area contributed by atoms with Gasteiger partial charge in [-0.2, -0.15) is 0 Å². The van der Waals surface area contributed by atoms with E-state index in [0.29, 0.717) is 20.2 Å². The van der Waals surface area contributed by atoms with Crippen LogP contribution in [0, 0.1) is 10.5 Å². The Balaban J connectivity index is 1.52. The van der Waals surface area contributed by atoms with Crippen molar-refractivity contribution in [3.05, 3.63) is 38.4 Å². The summed E-state index contributed by atoms with van der Waals surface area (Å²) < 4.78 is 1.44. The molecule has 134 valence electrons. The van der Waals surface area contributed by atoms with Gasteiger partial charge >= 0.3 is 0 Å². The van der Waals surface area contributed by atoms with Crippen LogP contribution in [0.25, 0.3) is 0 Å². The van der Waals surface area contributed by atoms with E-state index in [1.807, 2.05) is 19.1 Å². The van der Waals surface area contributed by atoms with E-state index in [4.69, 9.17) is 0 Å². The average Bonchev–Trinajstić information content (AvgIpc) is 3.22. The Bertz CT molecular complexity index is 944. The zero-order valence-electron chi connectivity index (χ0n) is 13.2. The van der Waals surface area contributed by atoms with Crippen molar-refractivity contribution in [3.63, 3.8) is 0 Å². The lowest BCUT2D eigenvalue weighted by atomic mass is 10.2. The third-order valence-electron chi connectivity index (χ3n) is 2.84. The second kappa shape index (κ2) is 8.83. The number of nitrogens with one attached hydrogen (secondary N) is 2. The highest BCUT2D eigenvalue weighted by atomic mass is 127. The van der Waals surface area contributed by atoms with Crippen molar-refractivity contribution in [3.8, 4) is 0 Å². The van der Waals surface area contributed by atoms with Gasteiger partial charge in [0.1, 0.15) is 5.01 Å². The van der Waals surface area contributed by atoms with Gasteiger partial charge in [-0.05, 0) is 41.6 Å². The SMILES string of the molecule is Cc1nnc(NC(=O)CSc2nnc(NC(=O)c3ccccc3I)s2)s1. The van der Waals surface area contributed by atoms with Crippen LogP contribution in [-0.2, 0) is 4.79 Å². The number of aryl methyl sites for hydroxylation is 1. The number of nitrogens with zero attached hydrogens (tertiary/aromatic N) is 4. The minimum absolute atomic E-state index is 0.164. The monoisotopic (exact) mass is 518 g/mol. The van der Waals surface area contributed by atoms with E-state index in [1.54, 1.807) is 12.1 Å². The van der Waals surface area contributed by atoms with Crippen molar-refractivity contribution in [1.82, 2.24) is 20.4 Å². The van der Waals surface area contributed by atoms with Gasteiger partial charge in [-0.15, -0.1) is 20.4 Å². The predicted molar refractivity (Wildman–Crippen MR) is 111 cm³/mol. The summed E-state index contributed by atoms with van der Waals surface area (Å²) in [5, 5.41) is 22.6. The van der Waals surface area contributed by atoms with E-state index in [9.17, 15) is 9.59 Å². The smallest absolute Gasteiger partial charge is 0.258 e. The molecule has 0 bridgehead atoms. The van der Waals surface area contributed by atoms with Crippen LogP contribution < -0.4 is 10.6 Å². The van der Waals surface area contributed by atoms with Gasteiger partial charge in [0.15, 0.2) is 4.34 Å². The van der Waals surface area contributed by atoms with Gasteiger partial charge in [0.05, 0.1) is 11.3 Å². The molecule has 0 aliphatic carbocycles.